The smallest absolute Gasteiger partial charge is 0.0272 e. The van der Waals surface area contributed by atoms with Crippen molar-refractivity contribution in [2.45, 2.75) is 86.2 Å². The first kappa shape index (κ1) is 24.3. The summed E-state index contributed by atoms with van der Waals surface area (Å²) < 4.78 is 18.2. The van der Waals surface area contributed by atoms with Crippen molar-refractivity contribution in [3.05, 3.63) is 21.7 Å². The van der Waals surface area contributed by atoms with E-state index in [0.717, 1.165) is 12.5 Å². The van der Waals surface area contributed by atoms with Crippen molar-refractivity contribution in [1.29, 1.82) is 0 Å². The van der Waals surface area contributed by atoms with Crippen LogP contribution in [0, 0.1) is 0 Å². The van der Waals surface area contributed by atoms with Crippen LogP contribution in [0.25, 0.3) is 0 Å². The molecule has 0 N–H and O–H groups in total. The number of hydrogen-bond donors (Lipinski definition) is 0. The minimum atomic E-state index is -2.34. The first-order chi connectivity index (χ1) is 12.4. The zero-order valence-corrected chi connectivity index (χ0v) is 21.2. The van der Waals surface area contributed by atoms with Crippen molar-refractivity contribution in [2.24, 2.45) is 0 Å². The number of rotatable bonds is 15. The molecule has 0 saturated carbocycles. The third-order valence-electron chi connectivity index (χ3n) is 5.12. The summed E-state index contributed by atoms with van der Waals surface area (Å²) in [5.41, 5.74) is 1.69. The first-order valence-electron chi connectivity index (χ1n) is 9.78. The second-order valence-corrected chi connectivity index (χ2v) is 22.2. The topological polar surface area (TPSA) is 27.7 Å². The molecule has 0 aromatic heterocycles. The van der Waals surface area contributed by atoms with Crippen LogP contribution in [0.3, 0.4) is 0 Å². The van der Waals surface area contributed by atoms with E-state index in [1.807, 2.05) is 3.96 Å². The summed E-state index contributed by atoms with van der Waals surface area (Å²) in [7, 11) is 2.75. The van der Waals surface area contributed by atoms with Crippen molar-refractivity contribution >= 4 is 8.80 Å². The molecule has 0 aromatic carbocycles. The Balaban J connectivity index is 2.04. The third-order valence-corrected chi connectivity index (χ3v) is 13.3. The van der Waals surface area contributed by atoms with E-state index in [2.05, 4.69) is 28.1 Å². The minimum Gasteiger partial charge on any atom is -0.377 e. The molecular formula is C21H42O3PtSi. The molecule has 1 rings (SSSR count). The molecule has 158 valence electrons. The quantitative estimate of drug-likeness (QED) is 0.160. The SMILES string of the molecule is CO[Si](CCCCCCCCCCC1=[C]([Pt]([CH3])([CH3])[CH3])CC=C1)(OC)OC. The Morgan fingerprint density at radius 3 is 1.81 bits per heavy atom. The molecule has 1 aliphatic rings. The van der Waals surface area contributed by atoms with Crippen LogP contribution in [0.1, 0.15) is 64.2 Å². The molecule has 0 saturated heterocycles. The van der Waals surface area contributed by atoms with Gasteiger partial charge >= 0.3 is 133 Å². The van der Waals surface area contributed by atoms with Crippen molar-refractivity contribution in [3.8, 4) is 0 Å². The van der Waals surface area contributed by atoms with Gasteiger partial charge in [0.1, 0.15) is 0 Å². The van der Waals surface area contributed by atoms with E-state index >= 15 is 0 Å². The molecule has 0 atom stereocenters. The van der Waals surface area contributed by atoms with Gasteiger partial charge in [0, 0.05) is 21.3 Å². The van der Waals surface area contributed by atoms with E-state index < -0.39 is 24.9 Å². The Labute approximate surface area is 167 Å². The van der Waals surface area contributed by atoms with Gasteiger partial charge in [-0.15, -0.1) is 0 Å². The Morgan fingerprint density at radius 1 is 0.808 bits per heavy atom. The maximum atomic E-state index is 5.47. The molecule has 0 heterocycles. The van der Waals surface area contributed by atoms with Gasteiger partial charge in [-0.2, -0.15) is 0 Å². The standard InChI is InChI=1S/C18H33O3Si.3CH3.Pt/c1-19-22(20-2,21-3)17-13-9-7-5-4-6-8-10-14-18-15-11-12-16-18;;;;/h11,15H,4-10,12-14,17H2,1-3H3;3*1H3;. The van der Waals surface area contributed by atoms with Gasteiger partial charge in [-0.05, 0) is 0 Å². The van der Waals surface area contributed by atoms with Gasteiger partial charge in [-0.1, -0.05) is 0 Å². The largest absolute Gasteiger partial charge is 0.377 e. The predicted molar refractivity (Wildman–Crippen MR) is 112 cm³/mol. The molecule has 0 fully saturated rings. The van der Waals surface area contributed by atoms with E-state index in [0.29, 0.717) is 0 Å². The maximum Gasteiger partial charge on any atom is 0.0272 e. The van der Waals surface area contributed by atoms with Gasteiger partial charge in [0.25, 0.3) is 0 Å². The average molecular weight is 566 g/mol. The predicted octanol–water partition coefficient (Wildman–Crippen LogP) is 6.89. The van der Waals surface area contributed by atoms with Crippen LogP contribution in [0.2, 0.25) is 22.0 Å². The molecule has 26 heavy (non-hydrogen) atoms. The summed E-state index contributed by atoms with van der Waals surface area (Å²) in [6.45, 7) is 0. The van der Waals surface area contributed by atoms with E-state index in [1.54, 1.807) is 26.9 Å². The van der Waals surface area contributed by atoms with Crippen LogP contribution < -0.4 is 0 Å². The summed E-state index contributed by atoms with van der Waals surface area (Å²) in [5.74, 6) is 0. The van der Waals surface area contributed by atoms with Gasteiger partial charge in [0.05, 0.1) is 0 Å². The first-order valence-corrected chi connectivity index (χ1v) is 19.7. The van der Waals surface area contributed by atoms with Crippen LogP contribution >= 0.6 is 0 Å². The number of hydrogen-bond acceptors (Lipinski definition) is 3. The second-order valence-electron chi connectivity index (χ2n) is 7.55. The molecule has 0 unspecified atom stereocenters. The third kappa shape index (κ3) is 8.52. The van der Waals surface area contributed by atoms with Crippen molar-refractivity contribution in [3.63, 3.8) is 0 Å². The normalized spacial score (nSPS) is 15.9. The van der Waals surface area contributed by atoms with E-state index in [4.69, 9.17) is 13.3 Å². The summed E-state index contributed by atoms with van der Waals surface area (Å²) in [6.07, 6.45) is 17.9. The number of allylic oxidation sites excluding steroid dienone is 4. The van der Waals surface area contributed by atoms with Gasteiger partial charge < -0.3 is 13.3 Å². The minimum absolute atomic E-state index is 0.930. The molecule has 0 bridgehead atoms. The van der Waals surface area contributed by atoms with E-state index in [-0.39, 0.29) is 0 Å². The fraction of sp³-hybridized carbons (Fsp3) is 0.810. The summed E-state index contributed by atoms with van der Waals surface area (Å²) in [5, 5.41) is 7.56. The molecule has 0 spiro atoms. The van der Waals surface area contributed by atoms with E-state index in [1.165, 1.54) is 57.8 Å². The zero-order chi connectivity index (χ0) is 19.5. The molecular weight excluding hydrogens is 523 g/mol. The molecule has 0 amide bonds. The average Bonchev–Trinajstić information content (AvgIpc) is 3.09. The summed E-state index contributed by atoms with van der Waals surface area (Å²) in [6, 6.07) is 0.930. The van der Waals surface area contributed by atoms with Gasteiger partial charge in [-0.3, -0.25) is 0 Å². The van der Waals surface area contributed by atoms with Crippen molar-refractivity contribution in [1.82, 2.24) is 0 Å². The van der Waals surface area contributed by atoms with Crippen LogP contribution in [0.4, 0.5) is 0 Å². The summed E-state index contributed by atoms with van der Waals surface area (Å²) in [4.78, 5) is 0. The Kier molecular flexibility index (Phi) is 11.8. The molecule has 0 aliphatic heterocycles. The fourth-order valence-corrected chi connectivity index (χ4v) is 9.61. The monoisotopic (exact) mass is 565 g/mol. The van der Waals surface area contributed by atoms with Crippen LogP contribution in [0.15, 0.2) is 21.7 Å². The zero-order valence-electron chi connectivity index (χ0n) is 18.0. The van der Waals surface area contributed by atoms with Crippen LogP contribution in [-0.2, 0) is 29.3 Å². The van der Waals surface area contributed by atoms with E-state index in [9.17, 15) is 0 Å². The van der Waals surface area contributed by atoms with Crippen LogP contribution in [-0.4, -0.2) is 30.1 Å². The fourth-order valence-electron chi connectivity index (χ4n) is 3.50. The Bertz CT molecular complexity index is 442. The Hall–Kier alpha value is 0.265. The molecule has 0 radical (unpaired) electrons. The Morgan fingerprint density at radius 2 is 1.31 bits per heavy atom. The maximum absolute atomic E-state index is 5.47. The van der Waals surface area contributed by atoms with Gasteiger partial charge in [-0.25, -0.2) is 0 Å². The molecule has 0 aromatic rings. The van der Waals surface area contributed by atoms with Crippen molar-refractivity contribution < 1.29 is 29.3 Å². The second kappa shape index (κ2) is 12.7. The molecule has 5 heteroatoms. The van der Waals surface area contributed by atoms with Gasteiger partial charge in [0.15, 0.2) is 0 Å². The van der Waals surface area contributed by atoms with Gasteiger partial charge in [0.2, 0.25) is 0 Å². The van der Waals surface area contributed by atoms with Crippen molar-refractivity contribution in [2.75, 3.05) is 21.3 Å². The molecule has 1 aliphatic carbocycles. The van der Waals surface area contributed by atoms with Crippen LogP contribution in [0.5, 0.6) is 0 Å². The number of unbranched alkanes of at least 4 members (excludes halogenated alkanes) is 7. The molecule has 3 nitrogen and oxygen atoms in total. The summed E-state index contributed by atoms with van der Waals surface area (Å²) >= 11 is -1.54.